The Morgan fingerprint density at radius 3 is 2.67 bits per heavy atom. The Balaban J connectivity index is 2.18. The lowest BCUT2D eigenvalue weighted by Gasteiger charge is -2.06. The van der Waals surface area contributed by atoms with Gasteiger partial charge in [0, 0.05) is 12.1 Å². The summed E-state index contributed by atoms with van der Waals surface area (Å²) in [6.45, 7) is 7.56. The molecule has 0 atom stereocenters. The quantitative estimate of drug-likeness (QED) is 0.733. The largest absolute Gasteiger partial charge is 0.383 e. The van der Waals surface area contributed by atoms with Crippen molar-refractivity contribution < 1.29 is 0 Å². The van der Waals surface area contributed by atoms with Crippen molar-refractivity contribution >= 4 is 22.4 Å². The highest BCUT2D eigenvalue weighted by Crippen LogP contribution is 2.25. The first kappa shape index (κ1) is 12.3. The van der Waals surface area contributed by atoms with Crippen molar-refractivity contribution in [2.75, 3.05) is 17.6 Å². The van der Waals surface area contributed by atoms with Crippen LogP contribution in [0.25, 0.3) is 0 Å². The summed E-state index contributed by atoms with van der Waals surface area (Å²) in [7, 11) is 0. The van der Waals surface area contributed by atoms with Gasteiger partial charge in [-0.25, -0.2) is 0 Å². The molecule has 0 amide bonds. The first-order valence-corrected chi connectivity index (χ1v) is 6.34. The van der Waals surface area contributed by atoms with Crippen molar-refractivity contribution in [1.29, 1.82) is 0 Å². The molecule has 0 saturated carbocycles. The summed E-state index contributed by atoms with van der Waals surface area (Å²) >= 11 is 1.45. The number of nitrogens with zero attached hydrogens (tertiary/aromatic N) is 1. The first-order chi connectivity index (χ1) is 7.11. The Bertz CT molecular complexity index is 294. The number of nitrogens with two attached hydrogens (primary N) is 1. The van der Waals surface area contributed by atoms with Gasteiger partial charge in [-0.1, -0.05) is 26.7 Å². The van der Waals surface area contributed by atoms with Crippen molar-refractivity contribution in [2.24, 2.45) is 5.92 Å². The van der Waals surface area contributed by atoms with Gasteiger partial charge in [-0.2, -0.15) is 4.37 Å². The fraction of sp³-hybridized carbons (Fsp3) is 0.727. The number of unbranched alkanes of at least 4 members (excludes halogenated alkanes) is 1. The van der Waals surface area contributed by atoms with Gasteiger partial charge in [0.25, 0.3) is 0 Å². The Labute approximate surface area is 96.2 Å². The summed E-state index contributed by atoms with van der Waals surface area (Å²) in [6, 6.07) is 0. The van der Waals surface area contributed by atoms with Crippen LogP contribution < -0.4 is 11.1 Å². The number of rotatable bonds is 6. The lowest BCUT2D eigenvalue weighted by atomic mass is 10.1. The van der Waals surface area contributed by atoms with E-state index in [1.807, 2.05) is 6.92 Å². The van der Waals surface area contributed by atoms with Crippen LogP contribution in [0.15, 0.2) is 0 Å². The van der Waals surface area contributed by atoms with Crippen LogP contribution in [0.1, 0.15) is 38.7 Å². The second-order valence-corrected chi connectivity index (χ2v) is 5.11. The van der Waals surface area contributed by atoms with E-state index >= 15 is 0 Å². The summed E-state index contributed by atoms with van der Waals surface area (Å²) in [5.74, 6) is 1.47. The van der Waals surface area contributed by atoms with Crippen LogP contribution in [-0.2, 0) is 0 Å². The molecular formula is C11H21N3S. The summed E-state index contributed by atoms with van der Waals surface area (Å²) in [6.07, 6.45) is 3.82. The van der Waals surface area contributed by atoms with Gasteiger partial charge in [0.2, 0.25) is 0 Å². The van der Waals surface area contributed by atoms with E-state index in [2.05, 4.69) is 23.5 Å². The zero-order chi connectivity index (χ0) is 11.3. The summed E-state index contributed by atoms with van der Waals surface area (Å²) < 4.78 is 4.10. The van der Waals surface area contributed by atoms with E-state index in [-0.39, 0.29) is 0 Å². The van der Waals surface area contributed by atoms with Gasteiger partial charge >= 0.3 is 0 Å². The second kappa shape index (κ2) is 5.95. The highest BCUT2D eigenvalue weighted by atomic mass is 32.1. The van der Waals surface area contributed by atoms with Gasteiger partial charge in [0.1, 0.15) is 10.8 Å². The van der Waals surface area contributed by atoms with E-state index in [0.29, 0.717) is 5.82 Å². The molecular weight excluding hydrogens is 206 g/mol. The third kappa shape index (κ3) is 4.08. The smallest absolute Gasteiger partial charge is 0.142 e. The predicted molar refractivity (Wildman–Crippen MR) is 68.4 cm³/mol. The summed E-state index contributed by atoms with van der Waals surface area (Å²) in [5, 5.41) is 4.51. The minimum atomic E-state index is 0.657. The zero-order valence-electron chi connectivity index (χ0n) is 9.84. The Kier molecular flexibility index (Phi) is 4.88. The number of hydrogen-bond donors (Lipinski definition) is 2. The molecule has 3 nitrogen and oxygen atoms in total. The van der Waals surface area contributed by atoms with E-state index < -0.39 is 0 Å². The van der Waals surface area contributed by atoms with Crippen LogP contribution in [-0.4, -0.2) is 10.9 Å². The maximum absolute atomic E-state index is 5.67. The normalized spacial score (nSPS) is 10.9. The van der Waals surface area contributed by atoms with Gasteiger partial charge in [-0.3, -0.25) is 0 Å². The molecule has 1 rings (SSSR count). The first-order valence-electron chi connectivity index (χ1n) is 5.57. The average Bonchev–Trinajstić information content (AvgIpc) is 2.48. The van der Waals surface area contributed by atoms with Crippen molar-refractivity contribution in [1.82, 2.24) is 4.37 Å². The Morgan fingerprint density at radius 1 is 1.40 bits per heavy atom. The Morgan fingerprint density at radius 2 is 2.13 bits per heavy atom. The molecule has 0 spiro atoms. The number of aromatic nitrogens is 1. The highest BCUT2D eigenvalue weighted by Gasteiger charge is 2.05. The zero-order valence-corrected chi connectivity index (χ0v) is 10.7. The van der Waals surface area contributed by atoms with Crippen LogP contribution in [0.3, 0.4) is 0 Å². The van der Waals surface area contributed by atoms with E-state index in [1.165, 1.54) is 30.8 Å². The molecule has 0 fully saturated rings. The maximum Gasteiger partial charge on any atom is 0.142 e. The van der Waals surface area contributed by atoms with Gasteiger partial charge in [-0.05, 0) is 30.8 Å². The van der Waals surface area contributed by atoms with Crippen molar-refractivity contribution in [3.05, 3.63) is 5.56 Å². The number of anilines is 2. The van der Waals surface area contributed by atoms with Crippen molar-refractivity contribution in [3.8, 4) is 0 Å². The third-order valence-electron chi connectivity index (χ3n) is 2.45. The molecule has 0 radical (unpaired) electrons. The van der Waals surface area contributed by atoms with Gasteiger partial charge < -0.3 is 11.1 Å². The molecule has 86 valence electrons. The van der Waals surface area contributed by atoms with Crippen LogP contribution in [0.4, 0.5) is 10.8 Å². The SMILES string of the molecule is Cc1c(N)nsc1NCCCCC(C)C. The molecule has 3 N–H and O–H groups in total. The lowest BCUT2D eigenvalue weighted by Crippen LogP contribution is -2.02. The van der Waals surface area contributed by atoms with E-state index in [4.69, 9.17) is 5.73 Å². The van der Waals surface area contributed by atoms with Gasteiger partial charge in [-0.15, -0.1) is 0 Å². The third-order valence-corrected chi connectivity index (χ3v) is 3.37. The van der Waals surface area contributed by atoms with Crippen LogP contribution in [0.5, 0.6) is 0 Å². The molecule has 1 heterocycles. The van der Waals surface area contributed by atoms with E-state index in [0.717, 1.165) is 23.0 Å². The van der Waals surface area contributed by atoms with Gasteiger partial charge in [0.15, 0.2) is 0 Å². The fourth-order valence-electron chi connectivity index (χ4n) is 1.39. The topological polar surface area (TPSA) is 50.9 Å². The van der Waals surface area contributed by atoms with Gasteiger partial charge in [0.05, 0.1) is 0 Å². The molecule has 0 aliphatic carbocycles. The molecule has 1 aromatic heterocycles. The fourth-order valence-corrected chi connectivity index (χ4v) is 2.13. The molecule has 15 heavy (non-hydrogen) atoms. The van der Waals surface area contributed by atoms with Crippen LogP contribution in [0, 0.1) is 12.8 Å². The Hall–Kier alpha value is -0.770. The molecule has 0 saturated heterocycles. The standard InChI is InChI=1S/C11H21N3S/c1-8(2)6-4-5-7-13-11-9(3)10(12)14-15-11/h8,13H,4-7H2,1-3H3,(H2,12,14). The number of nitrogens with one attached hydrogen (secondary N) is 1. The summed E-state index contributed by atoms with van der Waals surface area (Å²) in [5.41, 5.74) is 6.76. The van der Waals surface area contributed by atoms with Crippen molar-refractivity contribution in [2.45, 2.75) is 40.0 Å². The van der Waals surface area contributed by atoms with Crippen LogP contribution in [0.2, 0.25) is 0 Å². The summed E-state index contributed by atoms with van der Waals surface area (Å²) in [4.78, 5) is 0. The molecule has 0 bridgehead atoms. The molecule has 1 aromatic rings. The minimum absolute atomic E-state index is 0.657. The average molecular weight is 227 g/mol. The van der Waals surface area contributed by atoms with Crippen LogP contribution >= 0.6 is 11.5 Å². The molecule has 0 unspecified atom stereocenters. The minimum Gasteiger partial charge on any atom is -0.383 e. The predicted octanol–water partition coefficient (Wildman–Crippen LogP) is 3.27. The number of nitrogen functional groups attached to an aromatic ring is 1. The monoisotopic (exact) mass is 227 g/mol. The maximum atomic E-state index is 5.67. The molecule has 0 aromatic carbocycles. The lowest BCUT2D eigenvalue weighted by molar-refractivity contribution is 0.545. The highest BCUT2D eigenvalue weighted by molar-refractivity contribution is 7.10. The number of hydrogen-bond acceptors (Lipinski definition) is 4. The second-order valence-electron chi connectivity index (χ2n) is 4.34. The molecule has 4 heteroatoms. The van der Waals surface area contributed by atoms with E-state index in [1.54, 1.807) is 0 Å². The van der Waals surface area contributed by atoms with Crippen molar-refractivity contribution in [3.63, 3.8) is 0 Å². The molecule has 0 aliphatic rings. The molecule has 0 aliphatic heterocycles. The van der Waals surface area contributed by atoms with E-state index in [9.17, 15) is 0 Å².